The Kier molecular flexibility index (Phi) is 2.24. The zero-order chi connectivity index (χ0) is 8.43. The summed E-state index contributed by atoms with van der Waals surface area (Å²) in [4.78, 5) is 23.2. The summed E-state index contributed by atoms with van der Waals surface area (Å²) in [6, 6.07) is -0.0511. The summed E-state index contributed by atoms with van der Waals surface area (Å²) in [6.45, 7) is 2.56. The largest absolute Gasteiger partial charge is 0.333 e. The lowest BCUT2D eigenvalue weighted by atomic mass is 10.3. The van der Waals surface area contributed by atoms with Crippen molar-refractivity contribution in [3.05, 3.63) is 0 Å². The number of carbonyl (C=O) groups is 2. The van der Waals surface area contributed by atoms with E-state index in [0.717, 1.165) is 0 Å². The molecule has 1 amide bonds. The fourth-order valence-corrected chi connectivity index (χ4v) is 1.15. The van der Waals surface area contributed by atoms with Crippen LogP contribution >= 0.6 is 0 Å². The van der Waals surface area contributed by atoms with Crippen LogP contribution in [0.5, 0.6) is 0 Å². The molecule has 0 aromatic carbocycles. The average molecular weight is 156 g/mol. The second-order valence-corrected chi connectivity index (χ2v) is 2.97. The van der Waals surface area contributed by atoms with Gasteiger partial charge in [0.05, 0.1) is 13.0 Å². The third kappa shape index (κ3) is 2.01. The molecule has 1 rings (SSSR count). The van der Waals surface area contributed by atoms with Crippen molar-refractivity contribution >= 4 is 11.7 Å². The molecular formula is C7H12N2O2. The molecule has 4 nitrogen and oxygen atoms in total. The first kappa shape index (κ1) is 8.20. The molecule has 0 bridgehead atoms. The first-order chi connectivity index (χ1) is 5.09. The standard InChI is InChI=1S/C7H12N2O2/c1-5(8)3-9-4-6(10)2-7(9)11/h5H,2-4,8H2,1H3. The summed E-state index contributed by atoms with van der Waals surface area (Å²) in [7, 11) is 0. The molecule has 0 aromatic heterocycles. The molecule has 4 heteroatoms. The Morgan fingerprint density at radius 2 is 2.27 bits per heavy atom. The van der Waals surface area contributed by atoms with Gasteiger partial charge in [-0.2, -0.15) is 0 Å². The maximum absolute atomic E-state index is 11.0. The molecule has 2 N–H and O–H groups in total. The van der Waals surface area contributed by atoms with Gasteiger partial charge in [0, 0.05) is 12.6 Å². The molecule has 0 aromatic rings. The highest BCUT2D eigenvalue weighted by Gasteiger charge is 2.27. The van der Waals surface area contributed by atoms with E-state index in [1.807, 2.05) is 6.92 Å². The number of rotatable bonds is 2. The summed E-state index contributed by atoms with van der Waals surface area (Å²) in [5.41, 5.74) is 5.47. The Labute approximate surface area is 65.3 Å². The fraction of sp³-hybridized carbons (Fsp3) is 0.714. The topological polar surface area (TPSA) is 63.4 Å². The number of Topliss-reactive ketones (excluding diaryl/α,β-unsaturated/α-hetero) is 1. The number of ketones is 1. The molecule has 1 atom stereocenters. The van der Waals surface area contributed by atoms with Gasteiger partial charge in [-0.05, 0) is 6.92 Å². The molecule has 0 radical (unpaired) electrons. The van der Waals surface area contributed by atoms with Gasteiger partial charge in [0.1, 0.15) is 0 Å². The summed E-state index contributed by atoms with van der Waals surface area (Å²) >= 11 is 0. The maximum atomic E-state index is 11.0. The first-order valence-electron chi connectivity index (χ1n) is 3.64. The minimum absolute atomic E-state index is 0.00403. The molecule has 1 aliphatic rings. The van der Waals surface area contributed by atoms with Crippen LogP contribution in [0.4, 0.5) is 0 Å². The highest BCUT2D eigenvalue weighted by atomic mass is 16.2. The SMILES string of the molecule is CC(N)CN1CC(=O)CC1=O. The van der Waals surface area contributed by atoms with Crippen LogP contribution in [0, 0.1) is 0 Å². The van der Waals surface area contributed by atoms with Gasteiger partial charge in [0.25, 0.3) is 0 Å². The molecule has 1 heterocycles. The molecule has 1 saturated heterocycles. The molecule has 0 saturated carbocycles. The number of nitrogens with two attached hydrogens (primary N) is 1. The molecule has 0 aliphatic carbocycles. The lowest BCUT2D eigenvalue weighted by molar-refractivity contribution is -0.128. The van der Waals surface area contributed by atoms with E-state index in [0.29, 0.717) is 6.54 Å². The van der Waals surface area contributed by atoms with E-state index < -0.39 is 0 Å². The van der Waals surface area contributed by atoms with Crippen molar-refractivity contribution in [2.24, 2.45) is 5.73 Å². The van der Waals surface area contributed by atoms with Gasteiger partial charge in [-0.1, -0.05) is 0 Å². The smallest absolute Gasteiger partial charge is 0.230 e. The quantitative estimate of drug-likeness (QED) is 0.529. The molecule has 1 aliphatic heterocycles. The van der Waals surface area contributed by atoms with Crippen molar-refractivity contribution in [2.75, 3.05) is 13.1 Å². The number of carbonyl (C=O) groups excluding carboxylic acids is 2. The van der Waals surface area contributed by atoms with Crippen molar-refractivity contribution in [1.29, 1.82) is 0 Å². The molecule has 11 heavy (non-hydrogen) atoms. The van der Waals surface area contributed by atoms with E-state index >= 15 is 0 Å². The van der Waals surface area contributed by atoms with Gasteiger partial charge >= 0.3 is 0 Å². The van der Waals surface area contributed by atoms with E-state index in [2.05, 4.69) is 0 Å². The maximum Gasteiger partial charge on any atom is 0.230 e. The number of hydrogen-bond donors (Lipinski definition) is 1. The zero-order valence-corrected chi connectivity index (χ0v) is 6.54. The van der Waals surface area contributed by atoms with Gasteiger partial charge in [0.15, 0.2) is 5.78 Å². The van der Waals surface area contributed by atoms with Crippen LogP contribution in [0.1, 0.15) is 13.3 Å². The van der Waals surface area contributed by atoms with Crippen LogP contribution in [0.25, 0.3) is 0 Å². The second-order valence-electron chi connectivity index (χ2n) is 2.97. The van der Waals surface area contributed by atoms with Crippen molar-refractivity contribution in [2.45, 2.75) is 19.4 Å². The van der Waals surface area contributed by atoms with Gasteiger partial charge in [-0.3, -0.25) is 9.59 Å². The monoisotopic (exact) mass is 156 g/mol. The summed E-state index contributed by atoms with van der Waals surface area (Å²) in [5.74, 6) is -0.0945. The van der Waals surface area contributed by atoms with E-state index in [4.69, 9.17) is 5.73 Å². The Balaban J connectivity index is 2.47. The number of nitrogens with zero attached hydrogens (tertiary/aromatic N) is 1. The summed E-state index contributed by atoms with van der Waals surface area (Å²) < 4.78 is 0. The fourth-order valence-electron chi connectivity index (χ4n) is 1.15. The number of hydrogen-bond acceptors (Lipinski definition) is 3. The molecule has 1 fully saturated rings. The Hall–Kier alpha value is -0.900. The van der Waals surface area contributed by atoms with Crippen molar-refractivity contribution in [1.82, 2.24) is 4.90 Å². The Morgan fingerprint density at radius 3 is 2.64 bits per heavy atom. The first-order valence-corrected chi connectivity index (χ1v) is 3.64. The molecular weight excluding hydrogens is 144 g/mol. The van der Waals surface area contributed by atoms with Crippen LogP contribution in [0.3, 0.4) is 0 Å². The molecule has 0 spiro atoms. The third-order valence-electron chi connectivity index (χ3n) is 1.58. The highest BCUT2D eigenvalue weighted by Crippen LogP contribution is 2.05. The van der Waals surface area contributed by atoms with Gasteiger partial charge in [-0.25, -0.2) is 0 Å². The van der Waals surface area contributed by atoms with Gasteiger partial charge < -0.3 is 10.6 Å². The number of amides is 1. The van der Waals surface area contributed by atoms with E-state index in [9.17, 15) is 9.59 Å². The van der Waals surface area contributed by atoms with Crippen molar-refractivity contribution in [3.63, 3.8) is 0 Å². The lowest BCUT2D eigenvalue weighted by Crippen LogP contribution is -2.36. The lowest BCUT2D eigenvalue weighted by Gasteiger charge is -2.16. The van der Waals surface area contributed by atoms with E-state index in [1.165, 1.54) is 4.90 Å². The van der Waals surface area contributed by atoms with E-state index in [1.54, 1.807) is 0 Å². The predicted molar refractivity (Wildman–Crippen MR) is 39.9 cm³/mol. The highest BCUT2D eigenvalue weighted by molar-refractivity contribution is 6.05. The van der Waals surface area contributed by atoms with Crippen LogP contribution in [-0.2, 0) is 9.59 Å². The minimum Gasteiger partial charge on any atom is -0.333 e. The Bertz CT molecular complexity index is 189. The molecule has 1 unspecified atom stereocenters. The normalized spacial score (nSPS) is 21.1. The van der Waals surface area contributed by atoms with Crippen molar-refractivity contribution in [3.8, 4) is 0 Å². The van der Waals surface area contributed by atoms with Gasteiger partial charge in [0.2, 0.25) is 5.91 Å². The predicted octanol–water partition coefficient (Wildman–Crippen LogP) is -0.865. The van der Waals surface area contributed by atoms with Crippen molar-refractivity contribution < 1.29 is 9.59 Å². The second kappa shape index (κ2) is 3.00. The zero-order valence-electron chi connectivity index (χ0n) is 6.54. The number of likely N-dealkylation sites (tertiary alicyclic amines) is 1. The van der Waals surface area contributed by atoms with Gasteiger partial charge in [-0.15, -0.1) is 0 Å². The van der Waals surface area contributed by atoms with Crippen LogP contribution in [0.15, 0.2) is 0 Å². The third-order valence-corrected chi connectivity index (χ3v) is 1.58. The molecule has 62 valence electrons. The van der Waals surface area contributed by atoms with Crippen LogP contribution in [0.2, 0.25) is 0 Å². The average Bonchev–Trinajstić information content (AvgIpc) is 2.09. The van der Waals surface area contributed by atoms with Crippen LogP contribution < -0.4 is 5.73 Å². The minimum atomic E-state index is -0.0905. The Morgan fingerprint density at radius 1 is 1.64 bits per heavy atom. The van der Waals surface area contributed by atoms with Crippen LogP contribution in [-0.4, -0.2) is 35.7 Å². The van der Waals surface area contributed by atoms with E-state index in [-0.39, 0.29) is 30.7 Å². The summed E-state index contributed by atoms with van der Waals surface area (Å²) in [5, 5.41) is 0. The summed E-state index contributed by atoms with van der Waals surface area (Å²) in [6.07, 6.45) is 0.0622.